The normalized spacial score (nSPS) is 16.7. The van der Waals surface area contributed by atoms with E-state index < -0.39 is 10.0 Å². The van der Waals surface area contributed by atoms with Crippen molar-refractivity contribution in [2.45, 2.75) is 0 Å². The Morgan fingerprint density at radius 3 is 2.56 bits per heavy atom. The average molecular weight is 290 g/mol. The van der Waals surface area contributed by atoms with Crippen LogP contribution in [-0.4, -0.2) is 40.9 Å². The minimum atomic E-state index is -3.26. The molecule has 5 nitrogen and oxygen atoms in total. The van der Waals surface area contributed by atoms with Crippen LogP contribution in [0.4, 0.5) is 11.4 Å². The Kier molecular flexibility index (Phi) is 3.99. The molecule has 0 radical (unpaired) electrons. The van der Waals surface area contributed by atoms with Gasteiger partial charge in [0, 0.05) is 26.2 Å². The summed E-state index contributed by atoms with van der Waals surface area (Å²) in [6.45, 7) is 3.66. The molecular weight excluding hydrogens is 274 g/mol. The lowest BCUT2D eigenvalue weighted by Crippen LogP contribution is -2.43. The van der Waals surface area contributed by atoms with Crippen molar-refractivity contribution in [3.63, 3.8) is 0 Å². The molecule has 1 fully saturated rings. The second-order valence-electron chi connectivity index (χ2n) is 4.28. The first-order chi connectivity index (χ1) is 8.46. The van der Waals surface area contributed by atoms with Gasteiger partial charge in [0.1, 0.15) is 0 Å². The summed E-state index contributed by atoms with van der Waals surface area (Å²) in [6.07, 6.45) is 1.12. The summed E-state index contributed by atoms with van der Waals surface area (Å²) < 4.78 is 24.7. The number of halogens is 1. The summed E-state index contributed by atoms with van der Waals surface area (Å²) in [5.41, 5.74) is 1.43. The lowest BCUT2D eigenvalue weighted by Gasteiger charge is -2.30. The van der Waals surface area contributed by atoms with E-state index >= 15 is 0 Å². The molecule has 1 aliphatic rings. The number of anilines is 2. The largest absolute Gasteiger partial charge is 0.368 e. The molecule has 1 aromatic carbocycles. The number of rotatable bonds is 3. The summed E-state index contributed by atoms with van der Waals surface area (Å²) in [5, 5.41) is 3.83. The SMILES string of the molecule is CS(=O)(=O)Nc1ccc(N2CCNCC2)c(Cl)c1. The van der Waals surface area contributed by atoms with E-state index in [-0.39, 0.29) is 0 Å². The van der Waals surface area contributed by atoms with Crippen molar-refractivity contribution < 1.29 is 8.42 Å². The van der Waals surface area contributed by atoms with Crippen LogP contribution in [0.25, 0.3) is 0 Å². The molecule has 7 heteroatoms. The maximum Gasteiger partial charge on any atom is 0.229 e. The van der Waals surface area contributed by atoms with Crippen LogP contribution in [0, 0.1) is 0 Å². The van der Waals surface area contributed by atoms with Crippen LogP contribution in [0.15, 0.2) is 18.2 Å². The first kappa shape index (κ1) is 13.5. The van der Waals surface area contributed by atoms with Gasteiger partial charge in [0.2, 0.25) is 10.0 Å². The Bertz CT molecular complexity index is 527. The van der Waals surface area contributed by atoms with E-state index in [1.54, 1.807) is 12.1 Å². The molecule has 1 aliphatic heterocycles. The molecule has 1 saturated heterocycles. The van der Waals surface area contributed by atoms with E-state index in [1.807, 2.05) is 6.07 Å². The van der Waals surface area contributed by atoms with E-state index in [0.29, 0.717) is 10.7 Å². The monoisotopic (exact) mass is 289 g/mol. The molecule has 1 aromatic rings. The van der Waals surface area contributed by atoms with Crippen molar-refractivity contribution in [3.8, 4) is 0 Å². The predicted molar refractivity (Wildman–Crippen MR) is 75.0 cm³/mol. The third-order valence-electron chi connectivity index (χ3n) is 2.71. The molecule has 2 rings (SSSR count). The van der Waals surface area contributed by atoms with Gasteiger partial charge in [-0.1, -0.05) is 11.6 Å². The standard InChI is InChI=1S/C11H16ClN3O2S/c1-18(16,17)14-9-2-3-11(10(12)8-9)15-6-4-13-5-7-15/h2-3,8,13-14H,4-7H2,1H3. The molecule has 0 unspecified atom stereocenters. The average Bonchev–Trinajstić information content (AvgIpc) is 2.28. The van der Waals surface area contributed by atoms with Crippen molar-refractivity contribution in [2.75, 3.05) is 42.1 Å². The molecule has 2 N–H and O–H groups in total. The highest BCUT2D eigenvalue weighted by molar-refractivity contribution is 7.92. The molecule has 0 amide bonds. The number of nitrogens with zero attached hydrogens (tertiary/aromatic N) is 1. The van der Waals surface area contributed by atoms with E-state index in [9.17, 15) is 8.42 Å². The van der Waals surface area contributed by atoms with Crippen molar-refractivity contribution >= 4 is 33.0 Å². The van der Waals surface area contributed by atoms with E-state index in [1.165, 1.54) is 0 Å². The molecule has 18 heavy (non-hydrogen) atoms. The molecule has 0 spiro atoms. The third kappa shape index (κ3) is 3.51. The molecule has 0 atom stereocenters. The summed E-state index contributed by atoms with van der Waals surface area (Å²) in [6, 6.07) is 5.21. The second-order valence-corrected chi connectivity index (χ2v) is 6.43. The van der Waals surface area contributed by atoms with Crippen LogP contribution in [0.1, 0.15) is 0 Å². The lowest BCUT2D eigenvalue weighted by molar-refractivity contribution is 0.589. The van der Waals surface area contributed by atoms with Crippen molar-refractivity contribution in [1.29, 1.82) is 0 Å². The Hall–Kier alpha value is -0.980. The minimum Gasteiger partial charge on any atom is -0.368 e. The summed E-state index contributed by atoms with van der Waals surface area (Å²) in [5.74, 6) is 0. The van der Waals surface area contributed by atoms with Crippen LogP contribution >= 0.6 is 11.6 Å². The van der Waals surface area contributed by atoms with Crippen molar-refractivity contribution in [3.05, 3.63) is 23.2 Å². The van der Waals surface area contributed by atoms with Gasteiger partial charge in [0.15, 0.2) is 0 Å². The van der Waals surface area contributed by atoms with Crippen LogP contribution in [0.2, 0.25) is 5.02 Å². The second kappa shape index (κ2) is 5.34. The molecule has 0 aliphatic carbocycles. The number of hydrogen-bond donors (Lipinski definition) is 2. The third-order valence-corrected chi connectivity index (χ3v) is 3.62. The molecular formula is C11H16ClN3O2S. The van der Waals surface area contributed by atoms with Crippen LogP contribution in [0.5, 0.6) is 0 Å². The molecule has 1 heterocycles. The van der Waals surface area contributed by atoms with Crippen LogP contribution < -0.4 is 14.9 Å². The first-order valence-corrected chi connectivity index (χ1v) is 7.96. The van der Waals surface area contributed by atoms with E-state index in [2.05, 4.69) is 14.9 Å². The number of piperazine rings is 1. The van der Waals surface area contributed by atoms with Gasteiger partial charge in [-0.2, -0.15) is 0 Å². The zero-order valence-corrected chi connectivity index (χ0v) is 11.7. The highest BCUT2D eigenvalue weighted by Gasteiger charge is 2.14. The number of nitrogens with one attached hydrogen (secondary N) is 2. The van der Waals surface area contributed by atoms with Gasteiger partial charge in [-0.15, -0.1) is 0 Å². The van der Waals surface area contributed by atoms with Gasteiger partial charge in [0.05, 0.1) is 22.7 Å². The topological polar surface area (TPSA) is 61.4 Å². The van der Waals surface area contributed by atoms with Gasteiger partial charge in [-0.3, -0.25) is 4.72 Å². The van der Waals surface area contributed by atoms with Crippen LogP contribution in [0.3, 0.4) is 0 Å². The van der Waals surface area contributed by atoms with Gasteiger partial charge in [-0.25, -0.2) is 8.42 Å². The Balaban J connectivity index is 2.19. The maximum absolute atomic E-state index is 11.1. The smallest absolute Gasteiger partial charge is 0.229 e. The van der Waals surface area contributed by atoms with Gasteiger partial charge >= 0.3 is 0 Å². The Morgan fingerprint density at radius 2 is 2.00 bits per heavy atom. The summed E-state index contributed by atoms with van der Waals surface area (Å²) in [7, 11) is -3.26. The molecule has 100 valence electrons. The Labute approximate surface area is 112 Å². The number of sulfonamides is 1. The van der Waals surface area contributed by atoms with Crippen molar-refractivity contribution in [1.82, 2.24) is 5.32 Å². The van der Waals surface area contributed by atoms with Gasteiger partial charge in [0.25, 0.3) is 0 Å². The zero-order valence-electron chi connectivity index (χ0n) is 10.1. The minimum absolute atomic E-state index is 0.487. The fourth-order valence-corrected chi connectivity index (χ4v) is 2.80. The van der Waals surface area contributed by atoms with E-state index in [4.69, 9.17) is 11.6 Å². The highest BCUT2D eigenvalue weighted by Crippen LogP contribution is 2.29. The fourth-order valence-electron chi connectivity index (χ4n) is 1.95. The Morgan fingerprint density at radius 1 is 1.33 bits per heavy atom. The molecule has 0 aromatic heterocycles. The highest BCUT2D eigenvalue weighted by atomic mass is 35.5. The maximum atomic E-state index is 11.1. The quantitative estimate of drug-likeness (QED) is 0.875. The molecule has 0 bridgehead atoms. The van der Waals surface area contributed by atoms with Gasteiger partial charge < -0.3 is 10.2 Å². The fraction of sp³-hybridized carbons (Fsp3) is 0.455. The van der Waals surface area contributed by atoms with E-state index in [0.717, 1.165) is 38.1 Å². The van der Waals surface area contributed by atoms with Crippen LogP contribution in [-0.2, 0) is 10.0 Å². The zero-order chi connectivity index (χ0) is 13.2. The van der Waals surface area contributed by atoms with Crippen molar-refractivity contribution in [2.24, 2.45) is 0 Å². The first-order valence-electron chi connectivity index (χ1n) is 5.69. The summed E-state index contributed by atoms with van der Waals surface area (Å²) in [4.78, 5) is 2.18. The predicted octanol–water partition coefficient (Wildman–Crippen LogP) is 1.12. The summed E-state index contributed by atoms with van der Waals surface area (Å²) >= 11 is 6.19. The number of hydrogen-bond acceptors (Lipinski definition) is 4. The molecule has 0 saturated carbocycles. The van der Waals surface area contributed by atoms with Gasteiger partial charge in [-0.05, 0) is 18.2 Å². The number of benzene rings is 1. The lowest BCUT2D eigenvalue weighted by atomic mass is 10.2.